The Morgan fingerprint density at radius 2 is 1.67 bits per heavy atom. The molecule has 1 saturated heterocycles. The molecule has 1 aliphatic heterocycles. The molecule has 0 radical (unpaired) electrons. The number of rotatable bonds is 7. The molecule has 1 aromatic carbocycles. The van der Waals surface area contributed by atoms with Gasteiger partial charge in [0.2, 0.25) is 0 Å². The van der Waals surface area contributed by atoms with E-state index in [0.29, 0.717) is 6.54 Å². The van der Waals surface area contributed by atoms with E-state index >= 15 is 0 Å². The van der Waals surface area contributed by atoms with Crippen LogP contribution in [0.2, 0.25) is 0 Å². The van der Waals surface area contributed by atoms with Crippen LogP contribution in [0.5, 0.6) is 0 Å². The van der Waals surface area contributed by atoms with E-state index in [1.807, 2.05) is 11.9 Å². The number of likely N-dealkylation sites (tertiary alicyclic amines) is 1. The summed E-state index contributed by atoms with van der Waals surface area (Å²) >= 11 is 0. The Bertz CT molecular complexity index is 1290. The van der Waals surface area contributed by atoms with E-state index in [4.69, 9.17) is 23.7 Å². The van der Waals surface area contributed by atoms with Gasteiger partial charge in [-0.1, -0.05) is 18.2 Å². The SMILES string of the molecule is COC[C@]12CN(C)[C@@H]3[C@@H]4[C@H](OC)[C@H]1[C@@]3([C@@H](OC)C[C@H]2O)[C@]1(O)C[C@@]2(O)[C@H](OC(=O)c3ccccc3)[C@@H]1[C@@]4(O)[C@@H](O)[C@@H]2OC. The Morgan fingerprint density at radius 3 is 2.28 bits per heavy atom. The van der Waals surface area contributed by atoms with Gasteiger partial charge in [-0.3, -0.25) is 0 Å². The molecule has 6 fully saturated rings. The molecule has 0 aromatic heterocycles. The third kappa shape index (κ3) is 3.09. The van der Waals surface area contributed by atoms with E-state index < -0.39 is 94.0 Å². The van der Waals surface area contributed by atoms with Gasteiger partial charge in [-0.2, -0.15) is 0 Å². The fourth-order valence-electron chi connectivity index (χ4n) is 11.8. The summed E-state index contributed by atoms with van der Waals surface area (Å²) in [5.74, 6) is -3.56. The van der Waals surface area contributed by atoms with E-state index in [1.54, 1.807) is 37.4 Å². The summed E-state index contributed by atoms with van der Waals surface area (Å²) < 4.78 is 29.9. The minimum absolute atomic E-state index is 0.139. The lowest BCUT2D eigenvalue weighted by atomic mass is 9.41. The van der Waals surface area contributed by atoms with E-state index in [2.05, 4.69) is 0 Å². The van der Waals surface area contributed by atoms with Crippen molar-refractivity contribution in [2.45, 2.75) is 72.3 Å². The number of fused-ring (bicyclic) bond motifs is 2. The second-order valence-corrected chi connectivity index (χ2v) is 13.9. The number of hydrogen-bond acceptors (Lipinski definition) is 12. The Kier molecular flexibility index (Phi) is 6.56. The number of piperidine rings is 1. The fraction of sp³-hybridized carbons (Fsp3) is 0.774. The van der Waals surface area contributed by atoms with Crippen LogP contribution < -0.4 is 0 Å². The molecule has 7 bridgehead atoms. The van der Waals surface area contributed by atoms with Crippen molar-refractivity contribution in [2.75, 3.05) is 48.6 Å². The number of aliphatic hydroxyl groups excluding tert-OH is 2. The van der Waals surface area contributed by atoms with Gasteiger partial charge in [0.05, 0.1) is 42.0 Å². The Morgan fingerprint density at radius 1 is 0.977 bits per heavy atom. The molecule has 5 N–H and O–H groups in total. The smallest absolute Gasteiger partial charge is 0.338 e. The van der Waals surface area contributed by atoms with Crippen LogP contribution >= 0.6 is 0 Å². The van der Waals surface area contributed by atoms with Gasteiger partial charge in [-0.15, -0.1) is 0 Å². The van der Waals surface area contributed by atoms with Crippen molar-refractivity contribution >= 4 is 5.97 Å². The van der Waals surface area contributed by atoms with Gasteiger partial charge in [0.15, 0.2) is 0 Å². The number of ether oxygens (including phenoxy) is 5. The highest BCUT2D eigenvalue weighted by atomic mass is 16.6. The molecule has 43 heavy (non-hydrogen) atoms. The number of benzene rings is 1. The molecule has 238 valence electrons. The summed E-state index contributed by atoms with van der Waals surface area (Å²) in [6.07, 6.45) is -7.17. The molecule has 0 unspecified atom stereocenters. The normalized spacial score (nSPS) is 54.5. The zero-order chi connectivity index (χ0) is 30.9. The summed E-state index contributed by atoms with van der Waals surface area (Å²) in [7, 11) is 7.79. The topological polar surface area (TPSA) is 168 Å². The lowest BCUT2D eigenvalue weighted by Crippen LogP contribution is -2.85. The summed E-state index contributed by atoms with van der Waals surface area (Å²) in [5.41, 5.74) is -8.14. The highest BCUT2D eigenvalue weighted by Crippen LogP contribution is 2.81. The van der Waals surface area contributed by atoms with Crippen LogP contribution in [0.15, 0.2) is 30.3 Å². The van der Waals surface area contributed by atoms with Gasteiger partial charge in [-0.25, -0.2) is 4.79 Å². The molecule has 0 amide bonds. The first kappa shape index (κ1) is 30.0. The third-order valence-corrected chi connectivity index (χ3v) is 12.7. The molecule has 15 atom stereocenters. The Hall–Kier alpha value is -1.71. The molecule has 1 spiro atoms. The molecule has 7 rings (SSSR count). The van der Waals surface area contributed by atoms with Crippen LogP contribution in [-0.2, 0) is 23.7 Å². The molecule has 5 saturated carbocycles. The Balaban J connectivity index is 1.51. The highest BCUT2D eigenvalue weighted by molar-refractivity contribution is 5.89. The van der Waals surface area contributed by atoms with E-state index in [1.165, 1.54) is 21.3 Å². The first-order valence-electron chi connectivity index (χ1n) is 15.0. The Labute approximate surface area is 250 Å². The largest absolute Gasteiger partial charge is 0.455 e. The minimum atomic E-state index is -2.14. The maximum Gasteiger partial charge on any atom is 0.338 e. The fourth-order valence-corrected chi connectivity index (χ4v) is 11.8. The summed E-state index contributed by atoms with van der Waals surface area (Å²) in [6.45, 7) is 0.517. The van der Waals surface area contributed by atoms with Gasteiger partial charge in [-0.05, 0) is 19.2 Å². The van der Waals surface area contributed by atoms with Crippen molar-refractivity contribution in [3.8, 4) is 0 Å². The van der Waals surface area contributed by atoms with Gasteiger partial charge in [0.1, 0.15) is 29.5 Å². The van der Waals surface area contributed by atoms with Crippen LogP contribution in [0.3, 0.4) is 0 Å². The molecular weight excluding hydrogens is 562 g/mol. The van der Waals surface area contributed by atoms with Gasteiger partial charge in [0.25, 0.3) is 0 Å². The first-order valence-corrected chi connectivity index (χ1v) is 15.0. The second-order valence-electron chi connectivity index (χ2n) is 13.9. The van der Waals surface area contributed by atoms with E-state index in [0.717, 1.165) is 0 Å². The van der Waals surface area contributed by atoms with Crippen LogP contribution in [0.1, 0.15) is 23.2 Å². The van der Waals surface area contributed by atoms with Crippen LogP contribution in [-0.4, -0.2) is 145 Å². The van der Waals surface area contributed by atoms with Gasteiger partial charge < -0.3 is 54.1 Å². The molecule has 1 heterocycles. The number of carbonyl (C=O) groups excluding carboxylic acids is 1. The number of esters is 1. The minimum Gasteiger partial charge on any atom is -0.455 e. The molecule has 12 heteroatoms. The number of aliphatic hydroxyl groups is 5. The maximum absolute atomic E-state index is 13.5. The van der Waals surface area contributed by atoms with Gasteiger partial charge in [0, 0.05) is 76.5 Å². The maximum atomic E-state index is 13.5. The number of hydrogen-bond donors (Lipinski definition) is 5. The number of carbonyl (C=O) groups is 1. The average Bonchev–Trinajstić information content (AvgIpc) is 3.35. The van der Waals surface area contributed by atoms with Crippen LogP contribution in [0.4, 0.5) is 0 Å². The standard InChI is InChI=1S/C31H43NO11/c1-32-13-27(14-39-2)16(33)11-17(40-3)30-20(27)19(41-4)18(22(30)32)31(38)21-24(43-26(35)15-9-7-6-8-10-15)28(36,12-29(21,30)37)25(42-5)23(31)34/h6-10,16-25,33-34,36-38H,11-14H2,1-5H3/t16-,17+,18+,19+,20-,21+,22-,23+,24-,25+,27+,28-,29+,30-,31-/m1/s1. The zero-order valence-corrected chi connectivity index (χ0v) is 25.1. The molecule has 12 nitrogen and oxygen atoms in total. The highest BCUT2D eigenvalue weighted by Gasteiger charge is 2.95. The summed E-state index contributed by atoms with van der Waals surface area (Å²) in [4.78, 5) is 15.5. The van der Waals surface area contributed by atoms with Crippen molar-refractivity contribution < 1.29 is 54.0 Å². The van der Waals surface area contributed by atoms with E-state index in [9.17, 15) is 30.3 Å². The predicted octanol–water partition coefficient (Wildman–Crippen LogP) is -1.20. The number of nitrogens with zero attached hydrogens (tertiary/aromatic N) is 1. The van der Waals surface area contributed by atoms with Crippen molar-refractivity contribution in [3.63, 3.8) is 0 Å². The number of methoxy groups -OCH3 is 4. The summed E-state index contributed by atoms with van der Waals surface area (Å²) in [5, 5.41) is 62.8. The van der Waals surface area contributed by atoms with E-state index in [-0.39, 0.29) is 25.0 Å². The van der Waals surface area contributed by atoms with Crippen LogP contribution in [0.25, 0.3) is 0 Å². The van der Waals surface area contributed by atoms with Crippen molar-refractivity contribution in [1.29, 1.82) is 0 Å². The molecular formula is C31H43NO11. The lowest BCUT2D eigenvalue weighted by Gasteiger charge is -2.71. The van der Waals surface area contributed by atoms with Crippen molar-refractivity contribution in [2.24, 2.45) is 28.6 Å². The van der Waals surface area contributed by atoms with Crippen LogP contribution in [0, 0.1) is 28.6 Å². The quantitative estimate of drug-likeness (QED) is 0.236. The van der Waals surface area contributed by atoms with Gasteiger partial charge >= 0.3 is 5.97 Å². The average molecular weight is 606 g/mol. The lowest BCUT2D eigenvalue weighted by molar-refractivity contribution is -0.352. The van der Waals surface area contributed by atoms with Crippen molar-refractivity contribution in [3.05, 3.63) is 35.9 Å². The predicted molar refractivity (Wildman–Crippen MR) is 148 cm³/mol. The zero-order valence-electron chi connectivity index (χ0n) is 25.1. The molecule has 1 aromatic rings. The monoisotopic (exact) mass is 605 g/mol. The third-order valence-electron chi connectivity index (χ3n) is 12.7. The van der Waals surface area contributed by atoms with Crippen molar-refractivity contribution in [1.82, 2.24) is 4.90 Å². The molecule has 6 aliphatic rings. The first-order chi connectivity index (χ1) is 20.4. The summed E-state index contributed by atoms with van der Waals surface area (Å²) in [6, 6.07) is 7.68. The molecule has 5 aliphatic carbocycles. The second kappa shape index (κ2) is 9.41.